The van der Waals surface area contributed by atoms with Gasteiger partial charge >= 0.3 is 6.03 Å². The third-order valence-corrected chi connectivity index (χ3v) is 5.18. The number of carbonyl (C=O) groups excluding carboxylic acids is 1. The highest BCUT2D eigenvalue weighted by molar-refractivity contribution is 6.35. The molecule has 6 nitrogen and oxygen atoms in total. The Bertz CT molecular complexity index is 588. The number of hydrogen-bond donors (Lipinski definition) is 1. The summed E-state index contributed by atoms with van der Waals surface area (Å²) in [6.07, 6.45) is 0. The van der Waals surface area contributed by atoms with E-state index in [2.05, 4.69) is 15.1 Å². The molecule has 0 saturated carbocycles. The molecule has 1 aromatic carbocycles. The molecular formula is C17H24Cl2N4O2. The van der Waals surface area contributed by atoms with Crippen LogP contribution in [0.5, 0.6) is 0 Å². The quantitative estimate of drug-likeness (QED) is 0.860. The monoisotopic (exact) mass is 386 g/mol. The zero-order chi connectivity index (χ0) is 17.6. The number of rotatable bonds is 4. The van der Waals surface area contributed by atoms with Gasteiger partial charge in [0.15, 0.2) is 0 Å². The lowest BCUT2D eigenvalue weighted by Gasteiger charge is -2.36. The van der Waals surface area contributed by atoms with Gasteiger partial charge in [-0.3, -0.25) is 4.90 Å². The van der Waals surface area contributed by atoms with Crippen LogP contribution in [0.1, 0.15) is 0 Å². The smallest absolute Gasteiger partial charge is 0.317 e. The summed E-state index contributed by atoms with van der Waals surface area (Å²) in [6.45, 7) is 7.81. The van der Waals surface area contributed by atoms with Gasteiger partial charge in [0.1, 0.15) is 0 Å². The van der Waals surface area contributed by atoms with Crippen LogP contribution in [0.25, 0.3) is 0 Å². The molecule has 0 atom stereocenters. The Morgan fingerprint density at radius 1 is 1.08 bits per heavy atom. The number of anilines is 1. The molecule has 138 valence electrons. The Hall–Kier alpha value is -1.21. The fraction of sp³-hybridized carbons (Fsp3) is 0.588. The van der Waals surface area contributed by atoms with E-state index in [4.69, 9.17) is 27.9 Å². The standard InChI is InChI=1S/C17H24Cl2N4O2/c18-14-1-2-15(19)16(13-14)22-5-7-23(8-6-22)17(24)20-3-4-21-9-11-25-12-10-21/h1-2,13H,3-12H2,(H,20,24). The number of nitrogens with zero attached hydrogens (tertiary/aromatic N) is 3. The minimum Gasteiger partial charge on any atom is -0.379 e. The summed E-state index contributed by atoms with van der Waals surface area (Å²) in [7, 11) is 0. The number of morpholine rings is 1. The molecule has 0 radical (unpaired) electrons. The average Bonchev–Trinajstić information content (AvgIpc) is 2.65. The van der Waals surface area contributed by atoms with Crippen LogP contribution in [0.4, 0.5) is 10.5 Å². The van der Waals surface area contributed by atoms with Crippen molar-refractivity contribution in [2.75, 3.05) is 70.5 Å². The van der Waals surface area contributed by atoms with Crippen LogP contribution in [-0.4, -0.2) is 81.4 Å². The number of ether oxygens (including phenoxy) is 1. The first-order valence-electron chi connectivity index (χ1n) is 8.66. The minimum absolute atomic E-state index is 0.00472. The summed E-state index contributed by atoms with van der Waals surface area (Å²) in [5, 5.41) is 4.37. The van der Waals surface area contributed by atoms with E-state index >= 15 is 0 Å². The second kappa shape index (κ2) is 8.94. The Morgan fingerprint density at radius 2 is 1.80 bits per heavy atom. The van der Waals surface area contributed by atoms with E-state index in [9.17, 15) is 4.79 Å². The molecule has 2 heterocycles. The summed E-state index contributed by atoms with van der Waals surface area (Å²) >= 11 is 12.3. The van der Waals surface area contributed by atoms with Gasteiger partial charge in [0.25, 0.3) is 0 Å². The largest absolute Gasteiger partial charge is 0.379 e. The van der Waals surface area contributed by atoms with Gasteiger partial charge in [-0.15, -0.1) is 0 Å². The number of carbonyl (C=O) groups is 1. The molecule has 0 spiro atoms. The van der Waals surface area contributed by atoms with Crippen molar-refractivity contribution in [2.45, 2.75) is 0 Å². The van der Waals surface area contributed by atoms with Crippen molar-refractivity contribution in [3.8, 4) is 0 Å². The maximum absolute atomic E-state index is 12.3. The zero-order valence-electron chi connectivity index (χ0n) is 14.2. The molecule has 3 rings (SSSR count). The molecule has 0 aliphatic carbocycles. The Kier molecular flexibility index (Phi) is 6.64. The molecule has 0 unspecified atom stereocenters. The normalized spacial score (nSPS) is 19.1. The van der Waals surface area contributed by atoms with Crippen molar-refractivity contribution in [2.24, 2.45) is 0 Å². The molecule has 0 bridgehead atoms. The van der Waals surface area contributed by atoms with Crippen molar-refractivity contribution in [1.29, 1.82) is 0 Å². The highest BCUT2D eigenvalue weighted by Crippen LogP contribution is 2.29. The molecule has 1 aromatic rings. The predicted octanol–water partition coefficient (Wildman–Crippen LogP) is 2.16. The van der Waals surface area contributed by atoms with E-state index in [0.717, 1.165) is 51.6 Å². The number of piperazine rings is 1. The summed E-state index contributed by atoms with van der Waals surface area (Å²) in [5.74, 6) is 0. The molecule has 0 aromatic heterocycles. The number of benzene rings is 1. The molecule has 2 aliphatic rings. The predicted molar refractivity (Wildman–Crippen MR) is 101 cm³/mol. The molecule has 2 amide bonds. The zero-order valence-corrected chi connectivity index (χ0v) is 15.7. The van der Waals surface area contributed by atoms with Crippen LogP contribution in [0.2, 0.25) is 10.0 Å². The topological polar surface area (TPSA) is 48.1 Å². The highest BCUT2D eigenvalue weighted by atomic mass is 35.5. The lowest BCUT2D eigenvalue weighted by atomic mass is 10.2. The number of nitrogens with one attached hydrogen (secondary N) is 1. The van der Waals surface area contributed by atoms with Gasteiger partial charge in [0.2, 0.25) is 0 Å². The molecule has 2 aliphatic heterocycles. The SMILES string of the molecule is O=C(NCCN1CCOCC1)N1CCN(c2cc(Cl)ccc2Cl)CC1. The van der Waals surface area contributed by atoms with Crippen molar-refractivity contribution >= 4 is 34.9 Å². The van der Waals surface area contributed by atoms with Gasteiger partial charge in [-0.2, -0.15) is 0 Å². The van der Waals surface area contributed by atoms with Crippen molar-refractivity contribution in [1.82, 2.24) is 15.1 Å². The fourth-order valence-corrected chi connectivity index (χ4v) is 3.54. The Morgan fingerprint density at radius 3 is 2.52 bits per heavy atom. The Balaban J connectivity index is 1.42. The maximum atomic E-state index is 12.3. The number of amides is 2. The van der Waals surface area contributed by atoms with Gasteiger partial charge in [0.05, 0.1) is 23.9 Å². The van der Waals surface area contributed by atoms with Gasteiger partial charge in [-0.25, -0.2) is 4.79 Å². The van der Waals surface area contributed by atoms with E-state index in [-0.39, 0.29) is 6.03 Å². The molecule has 2 fully saturated rings. The van der Waals surface area contributed by atoms with Gasteiger partial charge < -0.3 is 19.9 Å². The van der Waals surface area contributed by atoms with Crippen LogP contribution in [0.15, 0.2) is 18.2 Å². The van der Waals surface area contributed by atoms with Gasteiger partial charge in [0, 0.05) is 57.4 Å². The maximum Gasteiger partial charge on any atom is 0.317 e. The third-order valence-electron chi connectivity index (χ3n) is 4.62. The van der Waals surface area contributed by atoms with Crippen molar-refractivity contribution in [3.05, 3.63) is 28.2 Å². The van der Waals surface area contributed by atoms with Gasteiger partial charge in [-0.05, 0) is 18.2 Å². The second-order valence-corrected chi connectivity index (χ2v) is 7.10. The molecule has 25 heavy (non-hydrogen) atoms. The van der Waals surface area contributed by atoms with Crippen LogP contribution < -0.4 is 10.2 Å². The van der Waals surface area contributed by atoms with E-state index in [1.54, 1.807) is 6.07 Å². The molecule has 1 N–H and O–H groups in total. The second-order valence-electron chi connectivity index (χ2n) is 6.26. The number of urea groups is 1. The summed E-state index contributed by atoms with van der Waals surface area (Å²) in [6, 6.07) is 5.47. The van der Waals surface area contributed by atoms with Crippen LogP contribution in [0, 0.1) is 0 Å². The average molecular weight is 387 g/mol. The summed E-state index contributed by atoms with van der Waals surface area (Å²) < 4.78 is 5.33. The van der Waals surface area contributed by atoms with Crippen molar-refractivity contribution in [3.63, 3.8) is 0 Å². The van der Waals surface area contributed by atoms with E-state index in [0.29, 0.717) is 29.7 Å². The fourth-order valence-electron chi connectivity index (χ4n) is 3.14. The first-order chi connectivity index (χ1) is 12.1. The first kappa shape index (κ1) is 18.6. The van der Waals surface area contributed by atoms with E-state index in [1.165, 1.54) is 0 Å². The molecular weight excluding hydrogens is 363 g/mol. The Labute approximate surface area is 158 Å². The van der Waals surface area contributed by atoms with E-state index in [1.807, 2.05) is 17.0 Å². The van der Waals surface area contributed by atoms with Crippen LogP contribution in [0.3, 0.4) is 0 Å². The van der Waals surface area contributed by atoms with Crippen molar-refractivity contribution < 1.29 is 9.53 Å². The molecule has 2 saturated heterocycles. The lowest BCUT2D eigenvalue weighted by molar-refractivity contribution is 0.0386. The minimum atomic E-state index is 0.00472. The van der Waals surface area contributed by atoms with Crippen LogP contribution >= 0.6 is 23.2 Å². The summed E-state index contributed by atoms with van der Waals surface area (Å²) in [4.78, 5) is 18.6. The van der Waals surface area contributed by atoms with E-state index < -0.39 is 0 Å². The third kappa shape index (κ3) is 5.14. The highest BCUT2D eigenvalue weighted by Gasteiger charge is 2.22. The van der Waals surface area contributed by atoms with Crippen LogP contribution in [-0.2, 0) is 4.74 Å². The number of halogens is 2. The first-order valence-corrected chi connectivity index (χ1v) is 9.42. The summed E-state index contributed by atoms with van der Waals surface area (Å²) in [5.41, 5.74) is 0.932. The number of hydrogen-bond acceptors (Lipinski definition) is 4. The van der Waals surface area contributed by atoms with Gasteiger partial charge in [-0.1, -0.05) is 23.2 Å². The molecule has 8 heteroatoms. The lowest BCUT2D eigenvalue weighted by Crippen LogP contribution is -2.53.